The van der Waals surface area contributed by atoms with E-state index >= 15 is 0 Å². The number of rotatable bonds is 10. The first-order valence-corrected chi connectivity index (χ1v) is 8.49. The number of ether oxygens (including phenoxy) is 1. The zero-order valence-corrected chi connectivity index (χ0v) is 13.9. The molecule has 0 amide bonds. The predicted octanol–water partition coefficient (Wildman–Crippen LogP) is 5.79. The van der Waals surface area contributed by atoms with Crippen molar-refractivity contribution in [2.45, 2.75) is 45.6 Å². The van der Waals surface area contributed by atoms with Crippen molar-refractivity contribution in [1.82, 2.24) is 0 Å². The quantitative estimate of drug-likeness (QED) is 0.560. The fourth-order valence-electron chi connectivity index (χ4n) is 2.37. The van der Waals surface area contributed by atoms with E-state index in [-0.39, 0.29) is 5.82 Å². The number of halogens is 1. The SMILES string of the molecule is CCCCCCCOc1ccc(NCc2ccc(F)cc2)cc1. The van der Waals surface area contributed by atoms with Gasteiger partial charge in [-0.1, -0.05) is 44.7 Å². The van der Waals surface area contributed by atoms with Crippen LogP contribution in [-0.4, -0.2) is 6.61 Å². The van der Waals surface area contributed by atoms with E-state index in [1.54, 1.807) is 12.1 Å². The summed E-state index contributed by atoms with van der Waals surface area (Å²) in [5.41, 5.74) is 2.09. The van der Waals surface area contributed by atoms with Gasteiger partial charge in [-0.3, -0.25) is 0 Å². The third kappa shape index (κ3) is 6.72. The second kappa shape index (κ2) is 9.88. The topological polar surface area (TPSA) is 21.3 Å². The third-order valence-electron chi connectivity index (χ3n) is 3.78. The molecule has 3 heteroatoms. The maximum atomic E-state index is 12.8. The Hall–Kier alpha value is -2.03. The molecule has 1 N–H and O–H groups in total. The van der Waals surface area contributed by atoms with Crippen molar-refractivity contribution in [3.8, 4) is 5.75 Å². The largest absolute Gasteiger partial charge is 0.494 e. The average Bonchev–Trinajstić information content (AvgIpc) is 2.58. The standard InChI is InChI=1S/C20H26FNO/c1-2-3-4-5-6-15-23-20-13-11-19(12-14-20)22-16-17-7-9-18(21)10-8-17/h7-14,22H,2-6,15-16H2,1H3. The number of unbranched alkanes of at least 4 members (excludes halogenated alkanes) is 4. The summed E-state index contributed by atoms with van der Waals surface area (Å²) >= 11 is 0. The molecule has 0 aliphatic carbocycles. The van der Waals surface area contributed by atoms with Gasteiger partial charge in [0.15, 0.2) is 0 Å². The lowest BCUT2D eigenvalue weighted by atomic mass is 10.2. The van der Waals surface area contributed by atoms with Gasteiger partial charge in [-0.05, 0) is 48.4 Å². The summed E-state index contributed by atoms with van der Waals surface area (Å²) in [7, 11) is 0. The van der Waals surface area contributed by atoms with E-state index in [4.69, 9.17) is 4.74 Å². The van der Waals surface area contributed by atoms with Gasteiger partial charge in [-0.15, -0.1) is 0 Å². The fourth-order valence-corrected chi connectivity index (χ4v) is 2.37. The first-order chi connectivity index (χ1) is 11.3. The van der Waals surface area contributed by atoms with Gasteiger partial charge < -0.3 is 10.1 Å². The molecule has 2 aromatic rings. The summed E-state index contributed by atoms with van der Waals surface area (Å²) in [5, 5.41) is 3.32. The summed E-state index contributed by atoms with van der Waals surface area (Å²) in [6.45, 7) is 3.69. The second-order valence-electron chi connectivity index (χ2n) is 5.77. The Balaban J connectivity index is 1.68. The number of hydrogen-bond donors (Lipinski definition) is 1. The fraction of sp³-hybridized carbons (Fsp3) is 0.400. The average molecular weight is 315 g/mol. The van der Waals surface area contributed by atoms with Crippen LogP contribution >= 0.6 is 0 Å². The Bertz CT molecular complexity index is 551. The van der Waals surface area contributed by atoms with E-state index in [1.165, 1.54) is 37.8 Å². The molecule has 0 fully saturated rings. The van der Waals surface area contributed by atoms with Crippen molar-refractivity contribution >= 4 is 5.69 Å². The molecule has 0 atom stereocenters. The third-order valence-corrected chi connectivity index (χ3v) is 3.78. The molecule has 124 valence electrons. The summed E-state index contributed by atoms with van der Waals surface area (Å²) < 4.78 is 18.6. The minimum absolute atomic E-state index is 0.204. The molecule has 0 spiro atoms. The van der Waals surface area contributed by atoms with E-state index in [1.807, 2.05) is 24.3 Å². The highest BCUT2D eigenvalue weighted by atomic mass is 19.1. The van der Waals surface area contributed by atoms with Crippen molar-refractivity contribution in [2.75, 3.05) is 11.9 Å². The lowest BCUT2D eigenvalue weighted by molar-refractivity contribution is 0.304. The van der Waals surface area contributed by atoms with Crippen molar-refractivity contribution in [3.05, 3.63) is 59.9 Å². The minimum Gasteiger partial charge on any atom is -0.494 e. The minimum atomic E-state index is -0.204. The zero-order valence-electron chi connectivity index (χ0n) is 13.9. The van der Waals surface area contributed by atoms with Crippen LogP contribution in [0.15, 0.2) is 48.5 Å². The van der Waals surface area contributed by atoms with Gasteiger partial charge in [0, 0.05) is 12.2 Å². The molecule has 0 unspecified atom stereocenters. The van der Waals surface area contributed by atoms with Gasteiger partial charge in [0.05, 0.1) is 6.61 Å². The highest BCUT2D eigenvalue weighted by Gasteiger charge is 1.98. The molecular formula is C20H26FNO. The Labute approximate surface area is 138 Å². The summed E-state index contributed by atoms with van der Waals surface area (Å²) in [6.07, 6.45) is 6.24. The van der Waals surface area contributed by atoms with Crippen LogP contribution in [0.2, 0.25) is 0 Å². The molecule has 0 radical (unpaired) electrons. The smallest absolute Gasteiger partial charge is 0.123 e. The van der Waals surface area contributed by atoms with E-state index < -0.39 is 0 Å². The first-order valence-electron chi connectivity index (χ1n) is 8.49. The predicted molar refractivity (Wildman–Crippen MR) is 94.4 cm³/mol. The van der Waals surface area contributed by atoms with Crippen LogP contribution < -0.4 is 10.1 Å². The zero-order chi connectivity index (χ0) is 16.3. The molecular weight excluding hydrogens is 289 g/mol. The maximum Gasteiger partial charge on any atom is 0.123 e. The van der Waals surface area contributed by atoms with Crippen molar-refractivity contribution in [2.24, 2.45) is 0 Å². The molecule has 2 aromatic carbocycles. The van der Waals surface area contributed by atoms with Gasteiger partial charge in [0.2, 0.25) is 0 Å². The number of hydrogen-bond acceptors (Lipinski definition) is 2. The van der Waals surface area contributed by atoms with Gasteiger partial charge >= 0.3 is 0 Å². The second-order valence-corrected chi connectivity index (χ2v) is 5.77. The van der Waals surface area contributed by atoms with Gasteiger partial charge in [-0.2, -0.15) is 0 Å². The Morgan fingerprint density at radius 3 is 2.26 bits per heavy atom. The molecule has 0 aromatic heterocycles. The Morgan fingerprint density at radius 1 is 0.870 bits per heavy atom. The van der Waals surface area contributed by atoms with E-state index in [0.29, 0.717) is 6.54 Å². The number of anilines is 1. The van der Waals surface area contributed by atoms with E-state index in [0.717, 1.165) is 30.0 Å². The van der Waals surface area contributed by atoms with Crippen LogP contribution in [0.5, 0.6) is 5.75 Å². The van der Waals surface area contributed by atoms with Crippen LogP contribution in [0, 0.1) is 5.82 Å². The summed E-state index contributed by atoms with van der Waals surface area (Å²) in [4.78, 5) is 0. The van der Waals surface area contributed by atoms with Crippen molar-refractivity contribution in [3.63, 3.8) is 0 Å². The summed E-state index contributed by atoms with van der Waals surface area (Å²) in [6, 6.07) is 14.5. The first kappa shape index (κ1) is 17.3. The lowest BCUT2D eigenvalue weighted by Crippen LogP contribution is -2.00. The van der Waals surface area contributed by atoms with Crippen LogP contribution in [0.3, 0.4) is 0 Å². The maximum absolute atomic E-state index is 12.8. The molecule has 0 bridgehead atoms. The number of benzene rings is 2. The molecule has 0 aliphatic heterocycles. The molecule has 23 heavy (non-hydrogen) atoms. The van der Waals surface area contributed by atoms with Crippen LogP contribution in [0.4, 0.5) is 10.1 Å². The van der Waals surface area contributed by atoms with Crippen LogP contribution in [0.1, 0.15) is 44.6 Å². The van der Waals surface area contributed by atoms with Gasteiger partial charge in [0.25, 0.3) is 0 Å². The molecule has 0 aliphatic rings. The Morgan fingerprint density at radius 2 is 1.57 bits per heavy atom. The van der Waals surface area contributed by atoms with Crippen molar-refractivity contribution in [1.29, 1.82) is 0 Å². The highest BCUT2D eigenvalue weighted by molar-refractivity contribution is 5.46. The van der Waals surface area contributed by atoms with Crippen LogP contribution in [0.25, 0.3) is 0 Å². The van der Waals surface area contributed by atoms with Gasteiger partial charge in [-0.25, -0.2) is 4.39 Å². The molecule has 0 heterocycles. The normalized spacial score (nSPS) is 10.5. The molecule has 2 rings (SSSR count). The van der Waals surface area contributed by atoms with Gasteiger partial charge in [0.1, 0.15) is 11.6 Å². The lowest BCUT2D eigenvalue weighted by Gasteiger charge is -2.09. The molecule has 0 saturated carbocycles. The monoisotopic (exact) mass is 315 g/mol. The highest BCUT2D eigenvalue weighted by Crippen LogP contribution is 2.17. The summed E-state index contributed by atoms with van der Waals surface area (Å²) in [5.74, 6) is 0.706. The Kier molecular flexibility index (Phi) is 7.44. The molecule has 0 saturated heterocycles. The van der Waals surface area contributed by atoms with Crippen molar-refractivity contribution < 1.29 is 9.13 Å². The molecule has 2 nitrogen and oxygen atoms in total. The number of nitrogens with one attached hydrogen (secondary N) is 1. The van der Waals surface area contributed by atoms with Crippen LogP contribution in [-0.2, 0) is 6.54 Å². The van der Waals surface area contributed by atoms with E-state index in [2.05, 4.69) is 12.2 Å². The van der Waals surface area contributed by atoms with E-state index in [9.17, 15) is 4.39 Å².